The van der Waals surface area contributed by atoms with E-state index in [4.69, 9.17) is 11.5 Å². The smallest absolute Gasteiger partial charge is 0.218 e. The van der Waals surface area contributed by atoms with Crippen LogP contribution in [-0.2, 0) is 4.79 Å². The van der Waals surface area contributed by atoms with E-state index in [1.165, 1.54) is 12.8 Å². The molecule has 1 amide bonds. The lowest BCUT2D eigenvalue weighted by molar-refractivity contribution is -0.119. The zero-order valence-corrected chi connectivity index (χ0v) is 9.36. The highest BCUT2D eigenvalue weighted by molar-refractivity contribution is 5.74. The zero-order valence-electron chi connectivity index (χ0n) is 9.36. The van der Waals surface area contributed by atoms with Gasteiger partial charge in [-0.1, -0.05) is 0 Å². The molecule has 0 aliphatic carbocycles. The highest BCUT2D eigenvalue weighted by Crippen LogP contribution is 2.37. The van der Waals surface area contributed by atoms with Crippen molar-refractivity contribution in [2.24, 2.45) is 11.5 Å². The van der Waals surface area contributed by atoms with Gasteiger partial charge in [-0.2, -0.15) is 0 Å². The molecule has 4 nitrogen and oxygen atoms in total. The Bertz CT molecular complexity index is 242. The Morgan fingerprint density at radius 2 is 1.93 bits per heavy atom. The Morgan fingerprint density at radius 3 is 2.40 bits per heavy atom. The Labute approximate surface area is 91.0 Å². The van der Waals surface area contributed by atoms with Crippen molar-refractivity contribution in [3.05, 3.63) is 0 Å². The summed E-state index contributed by atoms with van der Waals surface area (Å²) in [5, 5.41) is 0. The molecule has 2 bridgehead atoms. The summed E-state index contributed by atoms with van der Waals surface area (Å²) in [6.07, 6.45) is 5.12. The van der Waals surface area contributed by atoms with Gasteiger partial charge in [0.15, 0.2) is 0 Å². The molecule has 3 unspecified atom stereocenters. The molecule has 2 heterocycles. The minimum Gasteiger partial charge on any atom is -0.370 e. The van der Waals surface area contributed by atoms with Crippen LogP contribution in [0.3, 0.4) is 0 Å². The summed E-state index contributed by atoms with van der Waals surface area (Å²) in [5.41, 5.74) is 11.2. The first-order chi connectivity index (χ1) is 7.08. The van der Waals surface area contributed by atoms with Gasteiger partial charge in [0.25, 0.3) is 0 Å². The topological polar surface area (TPSA) is 72.4 Å². The van der Waals surface area contributed by atoms with Crippen LogP contribution in [0.2, 0.25) is 0 Å². The van der Waals surface area contributed by atoms with E-state index in [-0.39, 0.29) is 11.9 Å². The van der Waals surface area contributed by atoms with Crippen molar-refractivity contribution >= 4 is 5.91 Å². The van der Waals surface area contributed by atoms with Crippen LogP contribution in [0.25, 0.3) is 0 Å². The fraction of sp³-hybridized carbons (Fsp3) is 0.909. The van der Waals surface area contributed by atoms with E-state index in [0.29, 0.717) is 24.5 Å². The Kier molecular flexibility index (Phi) is 2.98. The lowest BCUT2D eigenvalue weighted by Crippen LogP contribution is -2.51. The second-order valence-electron chi connectivity index (χ2n) is 5.08. The maximum atomic E-state index is 10.9. The molecule has 0 saturated carbocycles. The van der Waals surface area contributed by atoms with Crippen LogP contribution >= 0.6 is 0 Å². The molecular weight excluding hydrogens is 190 g/mol. The molecule has 3 atom stereocenters. The quantitative estimate of drug-likeness (QED) is 0.700. The van der Waals surface area contributed by atoms with Crippen LogP contribution in [0.4, 0.5) is 0 Å². The fourth-order valence-electron chi connectivity index (χ4n) is 3.37. The minimum atomic E-state index is -0.197. The number of primary amides is 1. The van der Waals surface area contributed by atoms with E-state index in [1.807, 2.05) is 0 Å². The van der Waals surface area contributed by atoms with Crippen molar-refractivity contribution in [2.45, 2.75) is 63.2 Å². The van der Waals surface area contributed by atoms with Gasteiger partial charge >= 0.3 is 0 Å². The van der Waals surface area contributed by atoms with E-state index in [0.717, 1.165) is 12.8 Å². The van der Waals surface area contributed by atoms with Crippen molar-refractivity contribution in [3.63, 3.8) is 0 Å². The van der Waals surface area contributed by atoms with Crippen LogP contribution in [-0.4, -0.2) is 35.0 Å². The highest BCUT2D eigenvalue weighted by atomic mass is 16.1. The van der Waals surface area contributed by atoms with E-state index in [1.54, 1.807) is 0 Å². The summed E-state index contributed by atoms with van der Waals surface area (Å²) in [7, 11) is 0. The largest absolute Gasteiger partial charge is 0.370 e. The molecule has 0 aromatic heterocycles. The Balaban J connectivity index is 2.01. The maximum absolute atomic E-state index is 10.9. The van der Waals surface area contributed by atoms with Gasteiger partial charge in [0.1, 0.15) is 0 Å². The molecule has 2 saturated heterocycles. The van der Waals surface area contributed by atoms with Gasteiger partial charge in [0, 0.05) is 30.6 Å². The summed E-state index contributed by atoms with van der Waals surface area (Å²) in [6, 6.07) is 1.83. The number of carbonyl (C=O) groups is 1. The summed E-state index contributed by atoms with van der Waals surface area (Å²) >= 11 is 0. The average Bonchev–Trinajstić information content (AvgIpc) is 2.38. The normalized spacial score (nSPS) is 37.9. The summed E-state index contributed by atoms with van der Waals surface area (Å²) in [4.78, 5) is 13.4. The fourth-order valence-corrected chi connectivity index (χ4v) is 3.37. The van der Waals surface area contributed by atoms with Gasteiger partial charge in [-0.15, -0.1) is 0 Å². The lowest BCUT2D eigenvalue weighted by Gasteiger charge is -2.41. The number of fused-ring (bicyclic) bond motifs is 2. The predicted molar refractivity (Wildman–Crippen MR) is 59.1 cm³/mol. The Morgan fingerprint density at radius 1 is 1.40 bits per heavy atom. The number of nitrogens with two attached hydrogens (primary N) is 2. The molecule has 4 N–H and O–H groups in total. The number of hydrogen-bond donors (Lipinski definition) is 2. The van der Waals surface area contributed by atoms with E-state index >= 15 is 0 Å². The van der Waals surface area contributed by atoms with Crippen molar-refractivity contribution in [1.82, 2.24) is 4.90 Å². The van der Waals surface area contributed by atoms with Crippen molar-refractivity contribution in [3.8, 4) is 0 Å². The highest BCUT2D eigenvalue weighted by Gasteiger charge is 2.41. The van der Waals surface area contributed by atoms with Crippen LogP contribution < -0.4 is 11.5 Å². The van der Waals surface area contributed by atoms with Gasteiger partial charge in [-0.25, -0.2) is 0 Å². The molecule has 4 heteroatoms. The monoisotopic (exact) mass is 211 g/mol. The Hall–Kier alpha value is -0.610. The third-order valence-electron chi connectivity index (χ3n) is 3.83. The van der Waals surface area contributed by atoms with Crippen molar-refractivity contribution < 1.29 is 4.79 Å². The third-order valence-corrected chi connectivity index (χ3v) is 3.83. The first kappa shape index (κ1) is 10.9. The summed E-state index contributed by atoms with van der Waals surface area (Å²) in [5.74, 6) is -0.197. The average molecular weight is 211 g/mol. The first-order valence-corrected chi connectivity index (χ1v) is 5.89. The second-order valence-corrected chi connectivity index (χ2v) is 5.08. The van der Waals surface area contributed by atoms with Crippen LogP contribution in [0.1, 0.15) is 39.0 Å². The molecule has 0 spiro atoms. The molecule has 2 aliphatic rings. The summed E-state index contributed by atoms with van der Waals surface area (Å²) in [6.45, 7) is 2.10. The lowest BCUT2D eigenvalue weighted by atomic mass is 9.95. The number of hydrogen-bond acceptors (Lipinski definition) is 3. The van der Waals surface area contributed by atoms with Gasteiger partial charge in [0.05, 0.1) is 0 Å². The number of piperidine rings is 1. The van der Waals surface area contributed by atoms with Gasteiger partial charge in [-0.05, 0) is 32.6 Å². The van der Waals surface area contributed by atoms with Gasteiger partial charge in [0.2, 0.25) is 5.91 Å². The standard InChI is InChI=1S/C11H21N3O/c1-7(4-11(13)15)14-9-2-3-10(14)6-8(12)5-9/h7-10H,2-6,12H2,1H3,(H2,13,15). The molecule has 86 valence electrons. The SMILES string of the molecule is CC(CC(N)=O)N1C2CCC1CC(N)C2. The van der Waals surface area contributed by atoms with Crippen molar-refractivity contribution in [1.29, 1.82) is 0 Å². The van der Waals surface area contributed by atoms with Crippen molar-refractivity contribution in [2.75, 3.05) is 0 Å². The molecule has 15 heavy (non-hydrogen) atoms. The molecular formula is C11H21N3O. The third kappa shape index (κ3) is 2.16. The summed E-state index contributed by atoms with van der Waals surface area (Å²) < 4.78 is 0. The van der Waals surface area contributed by atoms with Crippen LogP contribution in [0.15, 0.2) is 0 Å². The number of amides is 1. The molecule has 0 radical (unpaired) electrons. The molecule has 2 aliphatic heterocycles. The minimum absolute atomic E-state index is 0.197. The molecule has 0 aromatic carbocycles. The van der Waals surface area contributed by atoms with E-state index < -0.39 is 0 Å². The van der Waals surface area contributed by atoms with Crippen LogP contribution in [0.5, 0.6) is 0 Å². The number of rotatable bonds is 3. The van der Waals surface area contributed by atoms with E-state index in [2.05, 4.69) is 11.8 Å². The van der Waals surface area contributed by atoms with E-state index in [9.17, 15) is 4.79 Å². The molecule has 2 fully saturated rings. The zero-order chi connectivity index (χ0) is 11.0. The molecule has 0 aromatic rings. The predicted octanol–water partition coefficient (Wildman–Crippen LogP) is 0.204. The van der Waals surface area contributed by atoms with Gasteiger partial charge < -0.3 is 11.5 Å². The molecule has 2 rings (SSSR count). The second kappa shape index (κ2) is 4.10. The van der Waals surface area contributed by atoms with Gasteiger partial charge in [-0.3, -0.25) is 9.69 Å². The van der Waals surface area contributed by atoms with Crippen LogP contribution in [0, 0.1) is 0 Å². The number of nitrogens with zero attached hydrogens (tertiary/aromatic N) is 1. The first-order valence-electron chi connectivity index (χ1n) is 5.89. The maximum Gasteiger partial charge on any atom is 0.218 e. The number of carbonyl (C=O) groups excluding carboxylic acids is 1.